The molecule has 0 unspecified atom stereocenters. The zero-order valence-corrected chi connectivity index (χ0v) is 17.9. The largest absolute Gasteiger partial charge is 0.438 e. The number of benzene rings is 1. The van der Waals surface area contributed by atoms with Crippen molar-refractivity contribution >= 4 is 41.7 Å². The summed E-state index contributed by atoms with van der Waals surface area (Å²) in [6, 6.07) is 12.9. The van der Waals surface area contributed by atoms with Gasteiger partial charge in [-0.25, -0.2) is 9.97 Å². The van der Waals surface area contributed by atoms with Gasteiger partial charge in [0.1, 0.15) is 24.5 Å². The van der Waals surface area contributed by atoms with Crippen LogP contribution in [0.1, 0.15) is 0 Å². The molecule has 0 aliphatic rings. The van der Waals surface area contributed by atoms with E-state index in [4.69, 9.17) is 9.47 Å². The van der Waals surface area contributed by atoms with E-state index in [2.05, 4.69) is 56.8 Å². The number of hydrogen-bond donors (Lipinski definition) is 0. The van der Waals surface area contributed by atoms with Crippen molar-refractivity contribution in [3.8, 4) is 11.6 Å². The van der Waals surface area contributed by atoms with Gasteiger partial charge >= 0.3 is 0 Å². The van der Waals surface area contributed by atoms with E-state index in [0.717, 1.165) is 33.1 Å². The Hall–Kier alpha value is -1.45. The molecule has 3 aromatic rings. The van der Waals surface area contributed by atoms with Crippen molar-refractivity contribution in [1.29, 1.82) is 0 Å². The summed E-state index contributed by atoms with van der Waals surface area (Å²) in [6.45, 7) is 8.33. The van der Waals surface area contributed by atoms with Crippen molar-refractivity contribution in [3.63, 3.8) is 0 Å². The van der Waals surface area contributed by atoms with Crippen LogP contribution in [0.3, 0.4) is 0 Å². The average Bonchev–Trinajstić information content (AvgIpc) is 2.88. The summed E-state index contributed by atoms with van der Waals surface area (Å²) in [5.41, 5.74) is 0.832. The molecule has 0 atom stereocenters. The summed E-state index contributed by atoms with van der Waals surface area (Å²) >= 11 is 2.30. The Morgan fingerprint density at radius 3 is 2.60 bits per heavy atom. The summed E-state index contributed by atoms with van der Waals surface area (Å²) < 4.78 is 14.9. The smallest absolute Gasteiger partial charge is 0.231 e. The molecular formula is C18H22IN3O2Si. The highest BCUT2D eigenvalue weighted by molar-refractivity contribution is 14.1. The molecule has 0 aliphatic carbocycles. The fourth-order valence-electron chi connectivity index (χ4n) is 2.35. The third-order valence-electron chi connectivity index (χ3n) is 3.78. The van der Waals surface area contributed by atoms with E-state index in [1.807, 2.05) is 36.4 Å². The number of hydrogen-bond acceptors (Lipinski definition) is 4. The molecule has 0 bridgehead atoms. The standard InChI is InChI=1S/C18H22IN3O2Si/c1-25(2,3)10-9-23-13-22-16(19)11-15-17(22)20-12-21-18(15)24-14-7-5-4-6-8-14/h4-8,11-12H,9-10,13H2,1-3H3. The van der Waals surface area contributed by atoms with E-state index in [0.29, 0.717) is 12.6 Å². The molecule has 5 nitrogen and oxygen atoms in total. The highest BCUT2D eigenvalue weighted by Gasteiger charge is 2.15. The zero-order valence-electron chi connectivity index (χ0n) is 14.7. The van der Waals surface area contributed by atoms with Gasteiger partial charge in [-0.3, -0.25) is 4.57 Å². The van der Waals surface area contributed by atoms with Gasteiger partial charge in [0.25, 0.3) is 0 Å². The molecule has 7 heteroatoms. The SMILES string of the molecule is C[Si](C)(C)CCOCn1c(I)cc2c(Oc3ccccc3)ncnc21. The number of ether oxygens (including phenoxy) is 2. The van der Waals surface area contributed by atoms with Crippen LogP contribution >= 0.6 is 22.6 Å². The third kappa shape index (κ3) is 4.80. The van der Waals surface area contributed by atoms with Crippen molar-refractivity contribution in [2.24, 2.45) is 0 Å². The van der Waals surface area contributed by atoms with Gasteiger partial charge in [-0.05, 0) is 46.8 Å². The topological polar surface area (TPSA) is 49.2 Å². The Labute approximate surface area is 162 Å². The minimum Gasteiger partial charge on any atom is -0.438 e. The maximum absolute atomic E-state index is 5.93. The van der Waals surface area contributed by atoms with Gasteiger partial charge in [0, 0.05) is 14.7 Å². The third-order valence-corrected chi connectivity index (χ3v) is 6.38. The number of nitrogens with zero attached hydrogens (tertiary/aromatic N) is 3. The normalized spacial score (nSPS) is 11.8. The van der Waals surface area contributed by atoms with Crippen molar-refractivity contribution in [2.75, 3.05) is 6.61 Å². The molecule has 2 heterocycles. The highest BCUT2D eigenvalue weighted by Crippen LogP contribution is 2.29. The molecule has 0 amide bonds. The van der Waals surface area contributed by atoms with Crippen LogP contribution in [0.15, 0.2) is 42.7 Å². The Morgan fingerprint density at radius 2 is 1.88 bits per heavy atom. The maximum Gasteiger partial charge on any atom is 0.231 e. The lowest BCUT2D eigenvalue weighted by molar-refractivity contribution is 0.0883. The molecule has 2 aromatic heterocycles. The predicted octanol–water partition coefficient (Wildman–Crippen LogP) is 5.14. The van der Waals surface area contributed by atoms with Gasteiger partial charge in [0.2, 0.25) is 5.88 Å². The number of fused-ring (bicyclic) bond motifs is 1. The van der Waals surface area contributed by atoms with E-state index in [-0.39, 0.29) is 0 Å². The summed E-state index contributed by atoms with van der Waals surface area (Å²) in [6.07, 6.45) is 1.54. The van der Waals surface area contributed by atoms with E-state index >= 15 is 0 Å². The molecule has 132 valence electrons. The highest BCUT2D eigenvalue weighted by atomic mass is 127. The summed E-state index contributed by atoms with van der Waals surface area (Å²) in [7, 11) is -1.08. The molecular weight excluding hydrogens is 445 g/mol. The lowest BCUT2D eigenvalue weighted by atomic mass is 10.3. The second-order valence-corrected chi connectivity index (χ2v) is 13.8. The second kappa shape index (κ2) is 7.84. The van der Waals surface area contributed by atoms with Crippen LogP contribution in [-0.4, -0.2) is 29.2 Å². The van der Waals surface area contributed by atoms with Gasteiger partial charge in [-0.1, -0.05) is 37.8 Å². The van der Waals surface area contributed by atoms with Crippen LogP contribution in [0.4, 0.5) is 0 Å². The van der Waals surface area contributed by atoms with Crippen molar-refractivity contribution in [3.05, 3.63) is 46.4 Å². The van der Waals surface area contributed by atoms with Crippen LogP contribution < -0.4 is 4.74 Å². The van der Waals surface area contributed by atoms with Gasteiger partial charge in [-0.15, -0.1) is 0 Å². The van der Waals surface area contributed by atoms with Crippen LogP contribution in [0, 0.1) is 3.70 Å². The average molecular weight is 467 g/mol. The Kier molecular flexibility index (Phi) is 5.75. The van der Waals surface area contributed by atoms with Crippen LogP contribution in [0.2, 0.25) is 25.7 Å². The molecule has 0 N–H and O–H groups in total. The van der Waals surface area contributed by atoms with E-state index in [9.17, 15) is 0 Å². The van der Waals surface area contributed by atoms with Crippen LogP contribution in [0.25, 0.3) is 11.0 Å². The molecule has 0 spiro atoms. The Morgan fingerprint density at radius 1 is 1.12 bits per heavy atom. The monoisotopic (exact) mass is 467 g/mol. The van der Waals surface area contributed by atoms with E-state index in [1.54, 1.807) is 0 Å². The number of para-hydroxylation sites is 1. The summed E-state index contributed by atoms with van der Waals surface area (Å²) in [4.78, 5) is 8.73. The molecule has 0 radical (unpaired) electrons. The Bertz CT molecular complexity index is 847. The van der Waals surface area contributed by atoms with E-state index < -0.39 is 8.07 Å². The number of aromatic nitrogens is 3. The minimum atomic E-state index is -1.08. The first kappa shape index (κ1) is 18.3. The van der Waals surface area contributed by atoms with Gasteiger partial charge in [-0.2, -0.15) is 0 Å². The molecule has 0 saturated heterocycles. The molecule has 25 heavy (non-hydrogen) atoms. The van der Waals surface area contributed by atoms with Gasteiger partial charge in [0.05, 0.1) is 9.09 Å². The Balaban J connectivity index is 1.79. The summed E-state index contributed by atoms with van der Waals surface area (Å²) in [5.74, 6) is 1.33. The fraction of sp³-hybridized carbons (Fsp3) is 0.333. The van der Waals surface area contributed by atoms with Crippen molar-refractivity contribution in [2.45, 2.75) is 32.4 Å². The van der Waals surface area contributed by atoms with Crippen LogP contribution in [-0.2, 0) is 11.5 Å². The first-order valence-electron chi connectivity index (χ1n) is 8.24. The van der Waals surface area contributed by atoms with Crippen molar-refractivity contribution in [1.82, 2.24) is 14.5 Å². The fourth-order valence-corrected chi connectivity index (χ4v) is 3.78. The van der Waals surface area contributed by atoms with E-state index in [1.165, 1.54) is 6.33 Å². The lowest BCUT2D eigenvalue weighted by Gasteiger charge is -2.16. The second-order valence-electron chi connectivity index (χ2n) is 7.07. The maximum atomic E-state index is 5.93. The molecule has 0 aliphatic heterocycles. The summed E-state index contributed by atoms with van der Waals surface area (Å²) in [5, 5.41) is 0.893. The van der Waals surface area contributed by atoms with Crippen molar-refractivity contribution < 1.29 is 9.47 Å². The lowest BCUT2D eigenvalue weighted by Crippen LogP contribution is -2.22. The predicted molar refractivity (Wildman–Crippen MR) is 111 cm³/mol. The zero-order chi connectivity index (χ0) is 17.9. The molecule has 3 rings (SSSR count). The number of halogens is 1. The quantitative estimate of drug-likeness (QED) is 0.274. The van der Waals surface area contributed by atoms with Crippen LogP contribution in [0.5, 0.6) is 11.6 Å². The van der Waals surface area contributed by atoms with Gasteiger partial charge < -0.3 is 9.47 Å². The first-order valence-corrected chi connectivity index (χ1v) is 13.0. The molecule has 0 saturated carbocycles. The molecule has 1 aromatic carbocycles. The first-order chi connectivity index (χ1) is 11.9. The minimum absolute atomic E-state index is 0.494. The molecule has 0 fully saturated rings. The number of rotatable bonds is 7. The van der Waals surface area contributed by atoms with Gasteiger partial charge in [0.15, 0.2) is 0 Å².